The maximum absolute atomic E-state index is 12.2. The van der Waals surface area contributed by atoms with Crippen LogP contribution < -0.4 is 0 Å². The monoisotopic (exact) mass is 308 g/mol. The van der Waals surface area contributed by atoms with Gasteiger partial charge >= 0.3 is 5.97 Å². The molecule has 116 valence electrons. The van der Waals surface area contributed by atoms with Crippen molar-refractivity contribution in [3.63, 3.8) is 0 Å². The first-order chi connectivity index (χ1) is 10.1. The van der Waals surface area contributed by atoms with E-state index < -0.39 is 0 Å². The van der Waals surface area contributed by atoms with E-state index in [-0.39, 0.29) is 17.7 Å². The average Bonchev–Trinajstić information content (AvgIpc) is 2.52. The Bertz CT molecular complexity index is 450. The summed E-state index contributed by atoms with van der Waals surface area (Å²) in [6, 6.07) is 7.78. The Hall–Kier alpha value is -1.29. The van der Waals surface area contributed by atoms with Crippen molar-refractivity contribution in [3.8, 4) is 0 Å². The van der Waals surface area contributed by atoms with Crippen LogP contribution in [0.2, 0.25) is 0 Å². The zero-order valence-corrected chi connectivity index (χ0v) is 13.9. The van der Waals surface area contributed by atoms with Crippen molar-refractivity contribution in [1.82, 2.24) is 0 Å². The predicted octanol–water partition coefficient (Wildman–Crippen LogP) is 4.35. The minimum atomic E-state index is -0.165. The highest BCUT2D eigenvalue weighted by molar-refractivity contribution is 7.99. The summed E-state index contributed by atoms with van der Waals surface area (Å²) >= 11 is 1.69. The van der Waals surface area contributed by atoms with E-state index in [1.807, 2.05) is 24.3 Å². The van der Waals surface area contributed by atoms with Crippen LogP contribution in [0.4, 0.5) is 0 Å². The molecule has 1 aromatic rings. The summed E-state index contributed by atoms with van der Waals surface area (Å²) < 4.78 is 4.60. The summed E-state index contributed by atoms with van der Waals surface area (Å²) in [6.07, 6.45) is 3.03. The lowest BCUT2D eigenvalue weighted by atomic mass is 9.93. The van der Waals surface area contributed by atoms with Crippen LogP contribution in [0, 0.1) is 5.92 Å². The van der Waals surface area contributed by atoms with Gasteiger partial charge in [-0.2, -0.15) is 0 Å². The number of carbonyl (C=O) groups is 2. The lowest BCUT2D eigenvalue weighted by Crippen LogP contribution is -2.12. The summed E-state index contributed by atoms with van der Waals surface area (Å²) in [5.74, 6) is 1.07. The summed E-state index contributed by atoms with van der Waals surface area (Å²) in [5.41, 5.74) is 0.794. The van der Waals surface area contributed by atoms with Gasteiger partial charge in [0.2, 0.25) is 0 Å². The maximum atomic E-state index is 12.2. The largest absolute Gasteiger partial charge is 0.469 e. The molecule has 0 amide bonds. The fourth-order valence-corrected chi connectivity index (χ4v) is 2.97. The third-order valence-corrected chi connectivity index (χ3v) is 4.62. The van der Waals surface area contributed by atoms with Gasteiger partial charge in [-0.3, -0.25) is 9.59 Å². The van der Waals surface area contributed by atoms with Crippen LogP contribution in [0.25, 0.3) is 0 Å². The molecule has 0 radical (unpaired) electrons. The van der Waals surface area contributed by atoms with Crippen LogP contribution in [0.3, 0.4) is 0 Å². The highest BCUT2D eigenvalue weighted by atomic mass is 32.2. The van der Waals surface area contributed by atoms with E-state index in [1.54, 1.807) is 11.8 Å². The van der Waals surface area contributed by atoms with Crippen LogP contribution in [0.15, 0.2) is 29.2 Å². The van der Waals surface area contributed by atoms with Crippen LogP contribution in [-0.2, 0) is 9.53 Å². The molecule has 0 aliphatic heterocycles. The number of Topliss-reactive ketones (excluding diaryl/α,β-unsaturated/α-hetero) is 1. The normalized spacial score (nSPS) is 10.7. The van der Waals surface area contributed by atoms with Gasteiger partial charge < -0.3 is 4.74 Å². The van der Waals surface area contributed by atoms with Gasteiger partial charge in [0, 0.05) is 22.8 Å². The molecule has 0 aliphatic rings. The number of thioether (sulfide) groups is 1. The highest BCUT2D eigenvalue weighted by Gasteiger charge is 2.15. The predicted molar refractivity (Wildman–Crippen MR) is 86.8 cm³/mol. The third-order valence-electron chi connectivity index (χ3n) is 3.52. The van der Waals surface area contributed by atoms with Crippen molar-refractivity contribution < 1.29 is 14.3 Å². The fraction of sp³-hybridized carbons (Fsp3) is 0.529. The minimum Gasteiger partial charge on any atom is -0.469 e. The first-order valence-electron chi connectivity index (χ1n) is 7.46. The molecule has 0 N–H and O–H groups in total. The quantitative estimate of drug-likeness (QED) is 0.294. The van der Waals surface area contributed by atoms with Gasteiger partial charge in [0.25, 0.3) is 0 Å². The second kappa shape index (κ2) is 9.61. The average molecular weight is 308 g/mol. The Kier molecular flexibility index (Phi) is 8.13. The third kappa shape index (κ3) is 5.92. The molecule has 0 spiro atoms. The molecule has 3 nitrogen and oxygen atoms in total. The van der Waals surface area contributed by atoms with Crippen molar-refractivity contribution >= 4 is 23.5 Å². The number of ketones is 1. The van der Waals surface area contributed by atoms with Crippen LogP contribution in [-0.4, -0.2) is 24.6 Å². The summed E-state index contributed by atoms with van der Waals surface area (Å²) in [6.45, 7) is 4.11. The molecule has 0 atom stereocenters. The first-order valence-corrected chi connectivity index (χ1v) is 8.44. The first kappa shape index (κ1) is 17.8. The SMILES string of the molecule is CCC(CC)C(=O)c1ccc(SCCCC(=O)OC)cc1. The van der Waals surface area contributed by atoms with E-state index in [4.69, 9.17) is 0 Å². The Labute approximate surface area is 131 Å². The van der Waals surface area contributed by atoms with Gasteiger partial charge in [-0.15, -0.1) is 11.8 Å². The van der Waals surface area contributed by atoms with Crippen molar-refractivity contribution in [1.29, 1.82) is 0 Å². The molecule has 0 saturated carbocycles. The van der Waals surface area contributed by atoms with E-state index in [0.29, 0.717) is 6.42 Å². The lowest BCUT2D eigenvalue weighted by Gasteiger charge is -2.11. The lowest BCUT2D eigenvalue weighted by molar-refractivity contribution is -0.140. The molecule has 21 heavy (non-hydrogen) atoms. The van der Waals surface area contributed by atoms with Crippen molar-refractivity contribution in [2.75, 3.05) is 12.9 Å². The molecule has 0 aromatic heterocycles. The van der Waals surface area contributed by atoms with Gasteiger partial charge in [0.05, 0.1) is 7.11 Å². The second-order valence-electron chi connectivity index (χ2n) is 4.93. The van der Waals surface area contributed by atoms with Gasteiger partial charge in [-0.1, -0.05) is 26.0 Å². The zero-order valence-electron chi connectivity index (χ0n) is 13.1. The summed E-state index contributed by atoms with van der Waals surface area (Å²) in [7, 11) is 1.41. The van der Waals surface area contributed by atoms with Gasteiger partial charge in [-0.05, 0) is 37.1 Å². The molecule has 0 heterocycles. The molecule has 0 unspecified atom stereocenters. The number of rotatable bonds is 9. The van der Waals surface area contributed by atoms with E-state index in [9.17, 15) is 9.59 Å². The topological polar surface area (TPSA) is 43.4 Å². The van der Waals surface area contributed by atoms with Crippen LogP contribution in [0.1, 0.15) is 49.9 Å². The number of benzene rings is 1. The van der Waals surface area contributed by atoms with Gasteiger partial charge in [0.15, 0.2) is 5.78 Å². The second-order valence-corrected chi connectivity index (χ2v) is 6.10. The minimum absolute atomic E-state index is 0.128. The Balaban J connectivity index is 2.47. The standard InChI is InChI=1S/C17H24O3S/c1-4-13(5-2)17(19)14-8-10-15(11-9-14)21-12-6-7-16(18)20-3/h8-11,13H,4-7,12H2,1-3H3. The van der Waals surface area contributed by atoms with E-state index in [1.165, 1.54) is 7.11 Å². The number of ether oxygens (including phenoxy) is 1. The number of carbonyl (C=O) groups excluding carboxylic acids is 2. The Morgan fingerprint density at radius 3 is 2.29 bits per heavy atom. The van der Waals surface area contributed by atoms with E-state index in [0.717, 1.165) is 35.5 Å². The van der Waals surface area contributed by atoms with Crippen molar-refractivity contribution in [2.24, 2.45) is 5.92 Å². The van der Waals surface area contributed by atoms with Gasteiger partial charge in [0.1, 0.15) is 0 Å². The molecule has 1 rings (SSSR count). The van der Waals surface area contributed by atoms with Crippen LogP contribution in [0.5, 0.6) is 0 Å². The number of hydrogen-bond donors (Lipinski definition) is 0. The smallest absolute Gasteiger partial charge is 0.305 e. The van der Waals surface area contributed by atoms with Crippen molar-refractivity contribution in [2.45, 2.75) is 44.4 Å². The number of methoxy groups -OCH3 is 1. The molecule has 0 saturated heterocycles. The number of esters is 1. The molecular formula is C17H24O3S. The fourth-order valence-electron chi connectivity index (χ4n) is 2.12. The Morgan fingerprint density at radius 1 is 1.14 bits per heavy atom. The maximum Gasteiger partial charge on any atom is 0.305 e. The number of hydrogen-bond acceptors (Lipinski definition) is 4. The molecule has 1 aromatic carbocycles. The zero-order chi connectivity index (χ0) is 15.7. The summed E-state index contributed by atoms with van der Waals surface area (Å²) in [5, 5.41) is 0. The van der Waals surface area contributed by atoms with E-state index in [2.05, 4.69) is 18.6 Å². The Morgan fingerprint density at radius 2 is 1.76 bits per heavy atom. The van der Waals surface area contributed by atoms with E-state index >= 15 is 0 Å². The molecule has 0 aliphatic carbocycles. The molecular weight excluding hydrogens is 284 g/mol. The molecule has 0 fully saturated rings. The summed E-state index contributed by atoms with van der Waals surface area (Å²) in [4.78, 5) is 24.3. The molecule has 0 bridgehead atoms. The molecule has 4 heteroatoms. The van der Waals surface area contributed by atoms with Gasteiger partial charge in [-0.25, -0.2) is 0 Å². The van der Waals surface area contributed by atoms with Crippen molar-refractivity contribution in [3.05, 3.63) is 29.8 Å². The van der Waals surface area contributed by atoms with Crippen LogP contribution >= 0.6 is 11.8 Å². The highest BCUT2D eigenvalue weighted by Crippen LogP contribution is 2.22.